The van der Waals surface area contributed by atoms with Gasteiger partial charge in [0.1, 0.15) is 17.8 Å². The maximum atomic E-state index is 10.8. The Kier molecular flexibility index (Phi) is 4.19. The van der Waals surface area contributed by atoms with Crippen LogP contribution in [0.25, 0.3) is 0 Å². The summed E-state index contributed by atoms with van der Waals surface area (Å²) in [7, 11) is 0. The topological polar surface area (TPSA) is 92.9 Å². The number of carbonyl (C=O) groups is 1. The van der Waals surface area contributed by atoms with Crippen LogP contribution in [0.1, 0.15) is 28.9 Å². The lowest BCUT2D eigenvalue weighted by atomic mass is 10.3. The summed E-state index contributed by atoms with van der Waals surface area (Å²) >= 11 is 0. The maximum Gasteiger partial charge on any atom is 0.354 e. The van der Waals surface area contributed by atoms with E-state index >= 15 is 0 Å². The van der Waals surface area contributed by atoms with Gasteiger partial charge in [-0.05, 0) is 19.1 Å². The third-order valence-electron chi connectivity index (χ3n) is 2.65. The van der Waals surface area contributed by atoms with Crippen molar-refractivity contribution in [1.82, 2.24) is 25.1 Å². The molecule has 0 aromatic carbocycles. The molecule has 0 saturated heterocycles. The molecule has 0 aliphatic heterocycles. The van der Waals surface area contributed by atoms with Crippen LogP contribution in [0.2, 0.25) is 0 Å². The number of aromatic nitrogens is 4. The van der Waals surface area contributed by atoms with Gasteiger partial charge < -0.3 is 15.0 Å². The summed E-state index contributed by atoms with van der Waals surface area (Å²) < 4.78 is 1.94. The van der Waals surface area contributed by atoms with E-state index in [1.807, 2.05) is 11.5 Å². The molecule has 0 aliphatic rings. The van der Waals surface area contributed by atoms with Gasteiger partial charge in [-0.3, -0.25) is 0 Å². The van der Waals surface area contributed by atoms with E-state index in [4.69, 9.17) is 5.11 Å². The van der Waals surface area contributed by atoms with Crippen LogP contribution in [0, 0.1) is 0 Å². The summed E-state index contributed by atoms with van der Waals surface area (Å²) in [4.78, 5) is 14.8. The minimum atomic E-state index is -1.02. The third kappa shape index (κ3) is 3.35. The molecule has 2 aromatic heterocycles. The highest BCUT2D eigenvalue weighted by Crippen LogP contribution is 2.00. The van der Waals surface area contributed by atoms with Crippen molar-refractivity contribution in [2.45, 2.75) is 26.6 Å². The Labute approximate surface area is 110 Å². The van der Waals surface area contributed by atoms with Crippen molar-refractivity contribution in [3.63, 3.8) is 0 Å². The lowest BCUT2D eigenvalue weighted by molar-refractivity contribution is 0.0690. The van der Waals surface area contributed by atoms with Gasteiger partial charge in [-0.1, -0.05) is 6.07 Å². The molecule has 0 amide bonds. The highest BCUT2D eigenvalue weighted by atomic mass is 16.4. The lowest BCUT2D eigenvalue weighted by Crippen LogP contribution is -2.17. The molecular formula is C12H15N5O2. The molecule has 2 heterocycles. The van der Waals surface area contributed by atoms with Crippen molar-refractivity contribution in [2.24, 2.45) is 0 Å². The summed E-state index contributed by atoms with van der Waals surface area (Å²) in [5.41, 5.74) is 0.735. The van der Waals surface area contributed by atoms with Crippen molar-refractivity contribution in [3.05, 3.63) is 41.7 Å². The van der Waals surface area contributed by atoms with Crippen LogP contribution >= 0.6 is 0 Å². The molecule has 2 rings (SSSR count). The molecular weight excluding hydrogens is 246 g/mol. The van der Waals surface area contributed by atoms with Crippen LogP contribution in [-0.4, -0.2) is 30.8 Å². The molecule has 7 heteroatoms. The van der Waals surface area contributed by atoms with Crippen molar-refractivity contribution in [3.8, 4) is 0 Å². The molecule has 0 radical (unpaired) electrons. The number of nitrogens with zero attached hydrogens (tertiary/aromatic N) is 4. The molecule has 0 bridgehead atoms. The molecule has 2 N–H and O–H groups in total. The van der Waals surface area contributed by atoms with E-state index in [1.165, 1.54) is 6.07 Å². The van der Waals surface area contributed by atoms with E-state index in [-0.39, 0.29) is 5.69 Å². The van der Waals surface area contributed by atoms with E-state index in [2.05, 4.69) is 20.5 Å². The Balaban J connectivity index is 1.92. The van der Waals surface area contributed by atoms with Gasteiger partial charge in [0.15, 0.2) is 0 Å². The van der Waals surface area contributed by atoms with Gasteiger partial charge in [0.2, 0.25) is 0 Å². The van der Waals surface area contributed by atoms with Gasteiger partial charge in [-0.15, -0.1) is 10.2 Å². The minimum Gasteiger partial charge on any atom is -0.477 e. The zero-order valence-electron chi connectivity index (χ0n) is 10.6. The largest absolute Gasteiger partial charge is 0.477 e. The van der Waals surface area contributed by atoms with Gasteiger partial charge in [-0.25, -0.2) is 9.78 Å². The second-order valence-electron chi connectivity index (χ2n) is 3.96. The van der Waals surface area contributed by atoms with Crippen LogP contribution in [-0.2, 0) is 19.6 Å². The van der Waals surface area contributed by atoms with Crippen molar-refractivity contribution in [1.29, 1.82) is 0 Å². The fourth-order valence-corrected chi connectivity index (χ4v) is 1.68. The summed E-state index contributed by atoms with van der Waals surface area (Å²) in [6.45, 7) is 3.88. The first kappa shape index (κ1) is 13.2. The number of hydrogen-bond donors (Lipinski definition) is 2. The molecule has 100 valence electrons. The van der Waals surface area contributed by atoms with Crippen LogP contribution in [0.5, 0.6) is 0 Å². The molecule has 0 unspecified atom stereocenters. The maximum absolute atomic E-state index is 10.8. The molecule has 0 atom stereocenters. The van der Waals surface area contributed by atoms with E-state index in [0.717, 1.165) is 12.4 Å². The Bertz CT molecular complexity index is 567. The van der Waals surface area contributed by atoms with Gasteiger partial charge in [0.05, 0.1) is 12.2 Å². The van der Waals surface area contributed by atoms with Gasteiger partial charge in [0.25, 0.3) is 0 Å². The Morgan fingerprint density at radius 3 is 3.00 bits per heavy atom. The number of carboxylic acids is 1. The van der Waals surface area contributed by atoms with Gasteiger partial charge in [0, 0.05) is 13.1 Å². The Morgan fingerprint density at radius 1 is 1.42 bits per heavy atom. The second kappa shape index (κ2) is 6.05. The standard InChI is InChI=1S/C12H15N5O2/c1-2-17-8-14-16-11(17)7-13-6-9-4-3-5-10(15-9)12(18)19/h3-5,8,13H,2,6-7H2,1H3,(H,18,19). The number of aryl methyl sites for hydroxylation is 1. The van der Waals surface area contributed by atoms with Crippen LogP contribution in [0.15, 0.2) is 24.5 Å². The molecule has 7 nitrogen and oxygen atoms in total. The van der Waals surface area contributed by atoms with Crippen LogP contribution < -0.4 is 5.32 Å². The number of rotatable bonds is 6. The van der Waals surface area contributed by atoms with E-state index in [1.54, 1.807) is 18.5 Å². The summed E-state index contributed by atoms with van der Waals surface area (Å²) in [5, 5.41) is 19.9. The third-order valence-corrected chi connectivity index (χ3v) is 2.65. The molecule has 2 aromatic rings. The van der Waals surface area contributed by atoms with Crippen molar-refractivity contribution < 1.29 is 9.90 Å². The van der Waals surface area contributed by atoms with E-state index < -0.39 is 5.97 Å². The Morgan fingerprint density at radius 2 is 2.26 bits per heavy atom. The fraction of sp³-hybridized carbons (Fsp3) is 0.333. The predicted molar refractivity (Wildman–Crippen MR) is 67.4 cm³/mol. The first-order valence-electron chi connectivity index (χ1n) is 5.97. The summed E-state index contributed by atoms with van der Waals surface area (Å²) in [6.07, 6.45) is 1.68. The summed E-state index contributed by atoms with van der Waals surface area (Å²) in [6, 6.07) is 4.94. The highest BCUT2D eigenvalue weighted by molar-refractivity contribution is 5.85. The first-order chi connectivity index (χ1) is 9.20. The molecule has 19 heavy (non-hydrogen) atoms. The molecule has 0 aliphatic carbocycles. The smallest absolute Gasteiger partial charge is 0.354 e. The normalized spacial score (nSPS) is 10.6. The number of pyridine rings is 1. The zero-order valence-corrected chi connectivity index (χ0v) is 10.6. The number of nitrogens with one attached hydrogen (secondary N) is 1. The number of carboxylic acid groups (broad SMARTS) is 1. The number of aromatic carboxylic acids is 1. The van der Waals surface area contributed by atoms with Crippen LogP contribution in [0.4, 0.5) is 0 Å². The number of hydrogen-bond acceptors (Lipinski definition) is 5. The summed E-state index contributed by atoms with van der Waals surface area (Å²) in [5.74, 6) is -0.176. The molecule has 0 fully saturated rings. The monoisotopic (exact) mass is 261 g/mol. The highest BCUT2D eigenvalue weighted by Gasteiger charge is 2.06. The minimum absolute atomic E-state index is 0.0519. The quantitative estimate of drug-likeness (QED) is 0.794. The fourth-order valence-electron chi connectivity index (χ4n) is 1.68. The van der Waals surface area contributed by atoms with Crippen molar-refractivity contribution >= 4 is 5.97 Å². The lowest BCUT2D eigenvalue weighted by Gasteiger charge is -2.05. The molecule has 0 saturated carbocycles. The van der Waals surface area contributed by atoms with Gasteiger partial charge >= 0.3 is 5.97 Å². The van der Waals surface area contributed by atoms with Crippen LogP contribution in [0.3, 0.4) is 0 Å². The van der Waals surface area contributed by atoms with Crippen molar-refractivity contribution in [2.75, 3.05) is 0 Å². The first-order valence-corrected chi connectivity index (χ1v) is 5.97. The molecule has 0 spiro atoms. The van der Waals surface area contributed by atoms with E-state index in [9.17, 15) is 4.79 Å². The van der Waals surface area contributed by atoms with Gasteiger partial charge in [-0.2, -0.15) is 0 Å². The second-order valence-corrected chi connectivity index (χ2v) is 3.96. The zero-order chi connectivity index (χ0) is 13.7. The average Bonchev–Trinajstić information content (AvgIpc) is 2.86. The predicted octanol–water partition coefficient (Wildman–Crippen LogP) is 0.681. The average molecular weight is 261 g/mol. The van der Waals surface area contributed by atoms with E-state index in [0.29, 0.717) is 18.8 Å². The Hall–Kier alpha value is -2.28. The SMILES string of the molecule is CCn1cnnc1CNCc1cccc(C(=O)O)n1.